The molecule has 2 aliphatic rings. The molecule has 220 valence electrons. The van der Waals surface area contributed by atoms with Crippen molar-refractivity contribution in [3.05, 3.63) is 77.4 Å². The van der Waals surface area contributed by atoms with Crippen molar-refractivity contribution in [1.82, 2.24) is 19.6 Å². The molecule has 1 amide bonds. The number of nitrogens with zero attached hydrogens (tertiary/aromatic N) is 4. The number of aromatic nitrogens is 2. The average Bonchev–Trinajstić information content (AvgIpc) is 3.57. The van der Waals surface area contributed by atoms with E-state index in [0.29, 0.717) is 35.5 Å². The Morgan fingerprint density at radius 3 is 2.31 bits per heavy atom. The maximum absolute atomic E-state index is 13.8. The second kappa shape index (κ2) is 12.3. The Balaban J connectivity index is 1.28. The van der Waals surface area contributed by atoms with Gasteiger partial charge in [0, 0.05) is 43.4 Å². The zero-order valence-corrected chi connectivity index (χ0v) is 26.1. The van der Waals surface area contributed by atoms with E-state index in [1.54, 1.807) is 22.9 Å². The number of carbonyl (C=O) groups is 1. The molecule has 1 saturated carbocycles. The summed E-state index contributed by atoms with van der Waals surface area (Å²) in [5, 5.41) is 5.33. The summed E-state index contributed by atoms with van der Waals surface area (Å²) in [6.45, 7) is 3.19. The van der Waals surface area contributed by atoms with E-state index in [-0.39, 0.29) is 10.8 Å². The van der Waals surface area contributed by atoms with Gasteiger partial charge >= 0.3 is 0 Å². The van der Waals surface area contributed by atoms with Gasteiger partial charge < -0.3 is 4.90 Å². The van der Waals surface area contributed by atoms with Crippen LogP contribution in [-0.4, -0.2) is 72.4 Å². The van der Waals surface area contributed by atoms with Crippen LogP contribution in [0, 0.1) is 0 Å². The van der Waals surface area contributed by atoms with Gasteiger partial charge in [-0.3, -0.25) is 9.69 Å². The van der Waals surface area contributed by atoms with E-state index in [1.165, 1.54) is 56.1 Å². The first-order chi connectivity index (χ1) is 20.3. The number of hydrogen-bond acceptors (Lipinski definition) is 6. The summed E-state index contributed by atoms with van der Waals surface area (Å²) in [5.74, 6) is -0.0693. The first-order valence-electron chi connectivity index (χ1n) is 14.6. The molecule has 42 heavy (non-hydrogen) atoms. The molecule has 6 rings (SSSR count). The minimum absolute atomic E-state index is 0.0693. The standard InChI is InChI=1S/C32H35ClN4O3S2/c1-42(39,40)25-12-8-9-23(21-25)30-15-16-31(41-30)29-22-27(34-37(29)28-14-7-6-13-26(28)33)32(38)36-19-17-35(18-20-36)24-10-4-2-3-5-11-24/h6-9,12-16,21-22,24H,2-5,10-11,17-20H2,1H3. The van der Waals surface area contributed by atoms with Crippen molar-refractivity contribution in [2.45, 2.75) is 49.5 Å². The zero-order valence-electron chi connectivity index (χ0n) is 23.7. The Kier molecular flexibility index (Phi) is 8.54. The summed E-state index contributed by atoms with van der Waals surface area (Å²) in [5.41, 5.74) is 2.67. The lowest BCUT2D eigenvalue weighted by Gasteiger charge is -2.39. The Bertz CT molecular complexity index is 1680. The van der Waals surface area contributed by atoms with E-state index < -0.39 is 9.84 Å². The molecule has 0 atom stereocenters. The third-order valence-corrected chi connectivity index (χ3v) is 10.9. The fourth-order valence-corrected chi connectivity index (χ4v) is 7.94. The van der Waals surface area contributed by atoms with Crippen LogP contribution in [0.3, 0.4) is 0 Å². The molecule has 1 saturated heterocycles. The second-order valence-electron chi connectivity index (χ2n) is 11.2. The topological polar surface area (TPSA) is 75.5 Å². The molecule has 1 aliphatic carbocycles. The van der Waals surface area contributed by atoms with Gasteiger partial charge in [0.25, 0.3) is 5.91 Å². The summed E-state index contributed by atoms with van der Waals surface area (Å²) >= 11 is 8.12. The molecule has 0 bridgehead atoms. The van der Waals surface area contributed by atoms with Gasteiger partial charge in [0.15, 0.2) is 15.5 Å². The van der Waals surface area contributed by atoms with Gasteiger partial charge in [-0.1, -0.05) is 61.5 Å². The molecule has 3 heterocycles. The van der Waals surface area contributed by atoms with Crippen LogP contribution < -0.4 is 0 Å². The minimum atomic E-state index is -3.32. The van der Waals surface area contributed by atoms with Crippen molar-refractivity contribution in [3.8, 4) is 26.7 Å². The van der Waals surface area contributed by atoms with E-state index in [1.807, 2.05) is 53.4 Å². The molecule has 10 heteroatoms. The van der Waals surface area contributed by atoms with Gasteiger partial charge in [0.2, 0.25) is 0 Å². The smallest absolute Gasteiger partial charge is 0.274 e. The zero-order chi connectivity index (χ0) is 29.3. The summed E-state index contributed by atoms with van der Waals surface area (Å²) < 4.78 is 26.0. The lowest BCUT2D eigenvalue weighted by Crippen LogP contribution is -2.52. The van der Waals surface area contributed by atoms with Crippen LogP contribution in [0.4, 0.5) is 0 Å². The molecule has 0 unspecified atom stereocenters. The van der Waals surface area contributed by atoms with Crippen LogP contribution in [0.25, 0.3) is 26.7 Å². The number of hydrogen-bond donors (Lipinski definition) is 0. The normalized spacial score (nSPS) is 17.3. The van der Waals surface area contributed by atoms with Crippen molar-refractivity contribution >= 4 is 38.7 Å². The van der Waals surface area contributed by atoms with E-state index in [0.717, 1.165) is 34.1 Å². The summed E-state index contributed by atoms with van der Waals surface area (Å²) in [6, 6.07) is 20.9. The van der Waals surface area contributed by atoms with Crippen molar-refractivity contribution in [3.63, 3.8) is 0 Å². The Morgan fingerprint density at radius 2 is 1.60 bits per heavy atom. The third-order valence-electron chi connectivity index (χ3n) is 8.36. The number of piperazine rings is 1. The number of thiophene rings is 1. The molecule has 2 aromatic carbocycles. The van der Waals surface area contributed by atoms with Crippen molar-refractivity contribution < 1.29 is 13.2 Å². The highest BCUT2D eigenvalue weighted by Gasteiger charge is 2.29. The summed E-state index contributed by atoms with van der Waals surface area (Å²) in [4.78, 5) is 20.4. The van der Waals surface area contributed by atoms with E-state index in [9.17, 15) is 13.2 Å². The monoisotopic (exact) mass is 622 g/mol. The maximum Gasteiger partial charge on any atom is 0.274 e. The largest absolute Gasteiger partial charge is 0.335 e. The van der Waals surface area contributed by atoms with Gasteiger partial charge in [-0.15, -0.1) is 11.3 Å². The van der Waals surface area contributed by atoms with Gasteiger partial charge in [-0.05, 0) is 60.9 Å². The maximum atomic E-state index is 13.8. The highest BCUT2D eigenvalue weighted by atomic mass is 35.5. The number of carbonyl (C=O) groups excluding carboxylic acids is 1. The number of sulfone groups is 1. The Labute approximate surface area is 256 Å². The van der Waals surface area contributed by atoms with E-state index in [2.05, 4.69) is 4.90 Å². The fourth-order valence-electron chi connectivity index (χ4n) is 6.05. The molecule has 2 fully saturated rings. The Morgan fingerprint density at radius 1 is 0.881 bits per heavy atom. The van der Waals surface area contributed by atoms with E-state index >= 15 is 0 Å². The van der Waals surface area contributed by atoms with Gasteiger partial charge in [0.1, 0.15) is 0 Å². The molecule has 0 spiro atoms. The molecule has 0 radical (unpaired) electrons. The van der Waals surface area contributed by atoms with Crippen LogP contribution in [-0.2, 0) is 9.84 Å². The molecule has 0 N–H and O–H groups in total. The predicted molar refractivity (Wildman–Crippen MR) is 169 cm³/mol. The summed E-state index contributed by atoms with van der Waals surface area (Å²) in [7, 11) is -3.32. The Hall–Kier alpha value is -2.98. The quantitative estimate of drug-likeness (QED) is 0.221. The SMILES string of the molecule is CS(=O)(=O)c1cccc(-c2ccc(-c3cc(C(=O)N4CCN(C5CCCCCC5)CC4)nn3-c3ccccc3Cl)s2)c1. The second-order valence-corrected chi connectivity index (χ2v) is 14.7. The van der Waals surface area contributed by atoms with Gasteiger partial charge in [-0.25, -0.2) is 13.1 Å². The summed E-state index contributed by atoms with van der Waals surface area (Å²) in [6.07, 6.45) is 9.03. The fraction of sp³-hybridized carbons (Fsp3) is 0.375. The average molecular weight is 623 g/mol. The molecule has 1 aliphatic heterocycles. The van der Waals surface area contributed by atoms with Crippen molar-refractivity contribution in [1.29, 1.82) is 0 Å². The van der Waals surface area contributed by atoms with Crippen molar-refractivity contribution in [2.75, 3.05) is 32.4 Å². The molecular formula is C32H35ClN4O3S2. The number of benzene rings is 2. The number of rotatable bonds is 6. The first kappa shape index (κ1) is 29.1. The number of para-hydroxylation sites is 1. The molecular weight excluding hydrogens is 588 g/mol. The molecule has 2 aromatic heterocycles. The lowest BCUT2D eigenvalue weighted by molar-refractivity contribution is 0.0546. The number of amides is 1. The van der Waals surface area contributed by atoms with Crippen LogP contribution in [0.15, 0.2) is 71.6 Å². The minimum Gasteiger partial charge on any atom is -0.335 e. The van der Waals surface area contributed by atoms with Crippen LogP contribution in [0.1, 0.15) is 49.0 Å². The third kappa shape index (κ3) is 6.20. The van der Waals surface area contributed by atoms with Gasteiger partial charge in [-0.2, -0.15) is 5.10 Å². The predicted octanol–water partition coefficient (Wildman–Crippen LogP) is 6.81. The molecule has 7 nitrogen and oxygen atoms in total. The molecule has 4 aromatic rings. The highest BCUT2D eigenvalue weighted by molar-refractivity contribution is 7.90. The van der Waals surface area contributed by atoms with E-state index in [4.69, 9.17) is 16.7 Å². The van der Waals surface area contributed by atoms with Crippen LogP contribution >= 0.6 is 22.9 Å². The van der Waals surface area contributed by atoms with Gasteiger partial charge in [0.05, 0.1) is 26.2 Å². The highest BCUT2D eigenvalue weighted by Crippen LogP contribution is 2.37. The van der Waals surface area contributed by atoms with Crippen molar-refractivity contribution in [2.24, 2.45) is 0 Å². The van der Waals surface area contributed by atoms with Crippen LogP contribution in [0.5, 0.6) is 0 Å². The lowest BCUT2D eigenvalue weighted by atomic mass is 10.1. The van der Waals surface area contributed by atoms with Crippen LogP contribution in [0.2, 0.25) is 5.02 Å². The number of halogens is 1. The first-order valence-corrected chi connectivity index (χ1v) is 17.7.